The molecule has 0 aliphatic rings. The molecule has 1 aromatic carbocycles. The van der Waals surface area contributed by atoms with Gasteiger partial charge in [0.15, 0.2) is 11.3 Å². The van der Waals surface area contributed by atoms with E-state index in [1.54, 1.807) is 6.07 Å². The SMILES string of the molecule is CCc1nc(C(N)=O)c2[nH]c(=O)n(-c3cccc(F)c3)c2n1. The first-order valence-electron chi connectivity index (χ1n) is 6.58. The molecule has 0 aliphatic carbocycles. The molecule has 0 bridgehead atoms. The van der Waals surface area contributed by atoms with Crippen LogP contribution in [0.5, 0.6) is 0 Å². The Morgan fingerprint density at radius 3 is 2.82 bits per heavy atom. The molecular formula is C14H12FN5O2. The molecule has 0 atom stereocenters. The summed E-state index contributed by atoms with van der Waals surface area (Å²) in [5.74, 6) is -0.890. The molecule has 0 spiro atoms. The molecule has 8 heteroatoms. The van der Waals surface area contributed by atoms with Crippen LogP contribution in [0.15, 0.2) is 29.1 Å². The molecule has 0 saturated carbocycles. The number of carbonyl (C=O) groups is 1. The van der Waals surface area contributed by atoms with E-state index in [-0.39, 0.29) is 16.9 Å². The van der Waals surface area contributed by atoms with Gasteiger partial charge >= 0.3 is 5.69 Å². The van der Waals surface area contributed by atoms with Crippen molar-refractivity contribution in [2.45, 2.75) is 13.3 Å². The number of carbonyl (C=O) groups excluding carboxylic acids is 1. The smallest absolute Gasteiger partial charge is 0.332 e. The number of aryl methyl sites for hydroxylation is 1. The van der Waals surface area contributed by atoms with Crippen molar-refractivity contribution in [2.75, 3.05) is 0 Å². The highest BCUT2D eigenvalue weighted by Gasteiger charge is 2.19. The minimum Gasteiger partial charge on any atom is -0.364 e. The number of benzene rings is 1. The number of aromatic amines is 1. The molecule has 112 valence electrons. The number of imidazole rings is 1. The normalized spacial score (nSPS) is 11.0. The summed E-state index contributed by atoms with van der Waals surface area (Å²) in [5.41, 5.74) is 5.32. The van der Waals surface area contributed by atoms with Crippen LogP contribution in [0.3, 0.4) is 0 Å². The molecule has 3 aromatic rings. The summed E-state index contributed by atoms with van der Waals surface area (Å²) in [5, 5.41) is 0. The Balaban J connectivity index is 2.41. The lowest BCUT2D eigenvalue weighted by Crippen LogP contribution is -2.16. The fourth-order valence-corrected chi connectivity index (χ4v) is 2.22. The number of rotatable bonds is 3. The van der Waals surface area contributed by atoms with Crippen molar-refractivity contribution in [2.24, 2.45) is 5.73 Å². The third-order valence-electron chi connectivity index (χ3n) is 3.20. The molecule has 2 heterocycles. The van der Waals surface area contributed by atoms with E-state index in [0.29, 0.717) is 17.9 Å². The van der Waals surface area contributed by atoms with E-state index < -0.39 is 17.4 Å². The first-order valence-corrected chi connectivity index (χ1v) is 6.58. The molecule has 22 heavy (non-hydrogen) atoms. The number of hydrogen-bond donors (Lipinski definition) is 2. The maximum Gasteiger partial charge on any atom is 0.332 e. The highest BCUT2D eigenvalue weighted by atomic mass is 19.1. The Hall–Kier alpha value is -3.03. The zero-order chi connectivity index (χ0) is 15.9. The quantitative estimate of drug-likeness (QED) is 0.749. The minimum absolute atomic E-state index is 0.0610. The largest absolute Gasteiger partial charge is 0.364 e. The molecule has 0 radical (unpaired) electrons. The van der Waals surface area contributed by atoms with Gasteiger partial charge in [0.25, 0.3) is 5.91 Å². The molecule has 3 N–H and O–H groups in total. The van der Waals surface area contributed by atoms with Crippen LogP contribution in [0.2, 0.25) is 0 Å². The fraction of sp³-hybridized carbons (Fsp3) is 0.143. The van der Waals surface area contributed by atoms with Gasteiger partial charge in [-0.05, 0) is 18.2 Å². The molecule has 1 amide bonds. The summed E-state index contributed by atoms with van der Waals surface area (Å²) in [4.78, 5) is 34.5. The predicted molar refractivity (Wildman–Crippen MR) is 77.3 cm³/mol. The third kappa shape index (κ3) is 2.14. The van der Waals surface area contributed by atoms with Crippen LogP contribution in [0.4, 0.5) is 4.39 Å². The van der Waals surface area contributed by atoms with Gasteiger partial charge < -0.3 is 10.7 Å². The maximum atomic E-state index is 13.4. The summed E-state index contributed by atoms with van der Waals surface area (Å²) in [6.45, 7) is 1.81. The van der Waals surface area contributed by atoms with Crippen molar-refractivity contribution < 1.29 is 9.18 Å². The number of nitrogens with two attached hydrogens (primary N) is 1. The lowest BCUT2D eigenvalue weighted by atomic mass is 10.3. The molecule has 0 fully saturated rings. The first-order chi connectivity index (χ1) is 10.5. The molecule has 0 saturated heterocycles. The van der Waals surface area contributed by atoms with E-state index >= 15 is 0 Å². The summed E-state index contributed by atoms with van der Waals surface area (Å²) in [6.07, 6.45) is 0.457. The Morgan fingerprint density at radius 1 is 1.41 bits per heavy atom. The van der Waals surface area contributed by atoms with E-state index in [9.17, 15) is 14.0 Å². The van der Waals surface area contributed by atoms with Gasteiger partial charge in [0.05, 0.1) is 5.69 Å². The number of fused-ring (bicyclic) bond motifs is 1. The topological polar surface area (TPSA) is 107 Å². The zero-order valence-electron chi connectivity index (χ0n) is 11.6. The van der Waals surface area contributed by atoms with Gasteiger partial charge in [-0.3, -0.25) is 4.79 Å². The summed E-state index contributed by atoms with van der Waals surface area (Å²) >= 11 is 0. The molecule has 0 aliphatic heterocycles. The molecule has 0 unspecified atom stereocenters. The lowest BCUT2D eigenvalue weighted by Gasteiger charge is -2.05. The van der Waals surface area contributed by atoms with E-state index in [4.69, 9.17) is 5.73 Å². The molecule has 7 nitrogen and oxygen atoms in total. The maximum absolute atomic E-state index is 13.4. The average molecular weight is 301 g/mol. The van der Waals surface area contributed by atoms with Gasteiger partial charge in [-0.15, -0.1) is 0 Å². The Bertz CT molecular complexity index is 944. The molecular weight excluding hydrogens is 289 g/mol. The van der Waals surface area contributed by atoms with E-state index in [0.717, 1.165) is 0 Å². The van der Waals surface area contributed by atoms with Crippen LogP contribution in [0.1, 0.15) is 23.2 Å². The monoisotopic (exact) mass is 301 g/mol. The van der Waals surface area contributed by atoms with Crippen molar-refractivity contribution in [3.8, 4) is 5.69 Å². The van der Waals surface area contributed by atoms with E-state index in [1.807, 2.05) is 6.92 Å². The van der Waals surface area contributed by atoms with Gasteiger partial charge in [0.2, 0.25) is 0 Å². The highest BCUT2D eigenvalue weighted by molar-refractivity contribution is 6.01. The average Bonchev–Trinajstić information content (AvgIpc) is 2.81. The number of nitrogens with zero attached hydrogens (tertiary/aromatic N) is 3. The van der Waals surface area contributed by atoms with Crippen LogP contribution >= 0.6 is 0 Å². The fourth-order valence-electron chi connectivity index (χ4n) is 2.22. The van der Waals surface area contributed by atoms with Crippen LogP contribution in [0, 0.1) is 5.82 Å². The Labute approximate surface area is 123 Å². The second-order valence-corrected chi connectivity index (χ2v) is 4.65. The zero-order valence-corrected chi connectivity index (χ0v) is 11.6. The van der Waals surface area contributed by atoms with Crippen molar-refractivity contribution >= 4 is 17.1 Å². The van der Waals surface area contributed by atoms with Gasteiger partial charge in [-0.2, -0.15) is 0 Å². The van der Waals surface area contributed by atoms with Crippen molar-refractivity contribution in [1.82, 2.24) is 19.5 Å². The van der Waals surface area contributed by atoms with Crippen LogP contribution in [-0.4, -0.2) is 25.4 Å². The van der Waals surface area contributed by atoms with E-state index in [2.05, 4.69) is 15.0 Å². The number of amides is 1. The Morgan fingerprint density at radius 2 is 2.18 bits per heavy atom. The second-order valence-electron chi connectivity index (χ2n) is 4.65. The van der Waals surface area contributed by atoms with Crippen molar-refractivity contribution in [3.63, 3.8) is 0 Å². The van der Waals surface area contributed by atoms with Gasteiger partial charge in [-0.25, -0.2) is 23.7 Å². The summed E-state index contributed by atoms with van der Waals surface area (Å²) in [7, 11) is 0. The van der Waals surface area contributed by atoms with Crippen molar-refractivity contribution in [3.05, 3.63) is 52.1 Å². The van der Waals surface area contributed by atoms with Crippen LogP contribution in [-0.2, 0) is 6.42 Å². The van der Waals surface area contributed by atoms with Crippen LogP contribution in [0.25, 0.3) is 16.9 Å². The second kappa shape index (κ2) is 5.06. The standard InChI is InChI=1S/C14H12FN5O2/c1-2-9-17-10(12(16)21)11-13(18-9)20(14(22)19-11)8-5-3-4-7(15)6-8/h3-6H,2H2,1H3,(H2,16,21)(H,19,22). The van der Waals surface area contributed by atoms with E-state index in [1.165, 1.54) is 22.8 Å². The third-order valence-corrected chi connectivity index (χ3v) is 3.20. The number of primary amides is 1. The summed E-state index contributed by atoms with van der Waals surface area (Å²) < 4.78 is 14.6. The van der Waals surface area contributed by atoms with Gasteiger partial charge in [-0.1, -0.05) is 13.0 Å². The lowest BCUT2D eigenvalue weighted by molar-refractivity contribution is 0.0996. The van der Waals surface area contributed by atoms with Crippen LogP contribution < -0.4 is 11.4 Å². The number of H-pyrrole nitrogens is 1. The van der Waals surface area contributed by atoms with Gasteiger partial charge in [0.1, 0.15) is 17.2 Å². The summed E-state index contributed by atoms with van der Waals surface area (Å²) in [6, 6.07) is 5.51. The van der Waals surface area contributed by atoms with Gasteiger partial charge in [0, 0.05) is 6.42 Å². The number of hydrogen-bond acceptors (Lipinski definition) is 4. The molecule has 3 rings (SSSR count). The number of halogens is 1. The predicted octanol–water partition coefficient (Wildman–Crippen LogP) is 0.909. The molecule has 2 aromatic heterocycles. The number of nitrogens with one attached hydrogen (secondary N) is 1. The first kappa shape index (κ1) is 13.9. The minimum atomic E-state index is -0.769. The van der Waals surface area contributed by atoms with Crippen molar-refractivity contribution in [1.29, 1.82) is 0 Å². The number of aromatic nitrogens is 4. The Kier molecular flexibility index (Phi) is 3.21. The highest BCUT2D eigenvalue weighted by Crippen LogP contribution is 2.17.